The predicted octanol–water partition coefficient (Wildman–Crippen LogP) is -1.19. The molecule has 0 aliphatic heterocycles. The molecule has 2 nitrogen and oxygen atoms in total. The third-order valence-electron chi connectivity index (χ3n) is 2.74. The number of rotatable bonds is 2. The SMILES string of the molecule is Cc1cccc(C)[n+]1[I-][n+]1c(C)cccc1C. The molecule has 0 amide bonds. The van der Waals surface area contributed by atoms with Gasteiger partial charge in [0.25, 0.3) is 0 Å². The van der Waals surface area contributed by atoms with Crippen LogP contribution in [0, 0.1) is 27.7 Å². The molecule has 0 aliphatic rings. The molecule has 17 heavy (non-hydrogen) atoms. The Morgan fingerprint density at radius 1 is 0.647 bits per heavy atom. The van der Waals surface area contributed by atoms with Crippen LogP contribution in [0.5, 0.6) is 0 Å². The molecule has 0 bridgehead atoms. The topological polar surface area (TPSA) is 7.76 Å². The zero-order valence-corrected chi connectivity index (χ0v) is 12.9. The second-order valence-electron chi connectivity index (χ2n) is 4.25. The zero-order chi connectivity index (χ0) is 12.4. The van der Waals surface area contributed by atoms with E-state index < -0.39 is 0 Å². The monoisotopic (exact) mass is 341 g/mol. The summed E-state index contributed by atoms with van der Waals surface area (Å²) in [7, 11) is 0. The van der Waals surface area contributed by atoms with Crippen LogP contribution < -0.4 is 27.3 Å². The maximum atomic E-state index is 2.44. The van der Waals surface area contributed by atoms with Crippen LogP contribution in [0.4, 0.5) is 0 Å². The van der Waals surface area contributed by atoms with Crippen LogP contribution >= 0.6 is 0 Å². The van der Waals surface area contributed by atoms with Crippen molar-refractivity contribution in [3.63, 3.8) is 0 Å². The van der Waals surface area contributed by atoms with Crippen molar-refractivity contribution in [2.24, 2.45) is 0 Å². The Balaban J connectivity index is 2.45. The first-order valence-corrected chi connectivity index (χ1v) is 7.65. The molecule has 0 unspecified atom stereocenters. The van der Waals surface area contributed by atoms with Gasteiger partial charge in [0.1, 0.15) is 0 Å². The van der Waals surface area contributed by atoms with Crippen LogP contribution in [0.15, 0.2) is 36.4 Å². The van der Waals surface area contributed by atoms with Crippen LogP contribution in [0.2, 0.25) is 0 Å². The van der Waals surface area contributed by atoms with Gasteiger partial charge in [-0.2, -0.15) is 0 Å². The molecule has 2 rings (SSSR count). The summed E-state index contributed by atoms with van der Waals surface area (Å²) in [4.78, 5) is 0. The second-order valence-corrected chi connectivity index (χ2v) is 6.62. The molecular weight excluding hydrogens is 323 g/mol. The summed E-state index contributed by atoms with van der Waals surface area (Å²) in [6.07, 6.45) is 0. The Bertz CT molecular complexity index is 460. The Hall–Kier alpha value is -0.970. The summed E-state index contributed by atoms with van der Waals surface area (Å²) in [5, 5.41) is 0. The number of hydrogen-bond acceptors (Lipinski definition) is 0. The molecule has 0 radical (unpaired) electrons. The summed E-state index contributed by atoms with van der Waals surface area (Å²) >= 11 is -0.225. The molecule has 0 fully saturated rings. The van der Waals surface area contributed by atoms with Crippen LogP contribution in [-0.2, 0) is 0 Å². The van der Waals surface area contributed by atoms with Gasteiger partial charge in [-0.25, -0.2) is 0 Å². The van der Waals surface area contributed by atoms with Crippen molar-refractivity contribution in [2.75, 3.05) is 0 Å². The number of pyridine rings is 2. The van der Waals surface area contributed by atoms with Crippen LogP contribution in [-0.4, -0.2) is 0 Å². The molecule has 3 heteroatoms. The van der Waals surface area contributed by atoms with Gasteiger partial charge in [0, 0.05) is 0 Å². The van der Waals surface area contributed by atoms with E-state index in [1.165, 1.54) is 22.8 Å². The van der Waals surface area contributed by atoms with Gasteiger partial charge >= 0.3 is 114 Å². The van der Waals surface area contributed by atoms with Crippen molar-refractivity contribution in [1.82, 2.24) is 0 Å². The van der Waals surface area contributed by atoms with E-state index in [1.807, 2.05) is 0 Å². The maximum absolute atomic E-state index is 2.44. The number of halogens is 1. The molecule has 0 atom stereocenters. The number of aryl methyl sites for hydroxylation is 4. The molecule has 0 saturated carbocycles. The molecule has 2 aromatic rings. The first kappa shape index (κ1) is 12.5. The van der Waals surface area contributed by atoms with Crippen molar-refractivity contribution in [2.45, 2.75) is 27.7 Å². The Labute approximate surface area is 114 Å². The molecule has 0 N–H and O–H groups in total. The van der Waals surface area contributed by atoms with Gasteiger partial charge in [-0.1, -0.05) is 0 Å². The number of hydrogen-bond donors (Lipinski definition) is 0. The quantitative estimate of drug-likeness (QED) is 0.607. The van der Waals surface area contributed by atoms with Crippen LogP contribution in [0.3, 0.4) is 0 Å². The van der Waals surface area contributed by atoms with E-state index in [4.69, 9.17) is 0 Å². The average molecular weight is 341 g/mol. The van der Waals surface area contributed by atoms with Crippen LogP contribution in [0.25, 0.3) is 0 Å². The number of nitrogens with zero attached hydrogens (tertiary/aromatic N) is 2. The summed E-state index contributed by atoms with van der Waals surface area (Å²) in [5.74, 6) is 0. The van der Waals surface area contributed by atoms with Crippen molar-refractivity contribution < 1.29 is 27.3 Å². The molecule has 2 heterocycles. The fourth-order valence-corrected chi connectivity index (χ4v) is 4.22. The minimum absolute atomic E-state index is 0.225. The second kappa shape index (κ2) is 5.12. The Morgan fingerprint density at radius 2 is 0.941 bits per heavy atom. The summed E-state index contributed by atoms with van der Waals surface area (Å²) < 4.78 is 4.89. The summed E-state index contributed by atoms with van der Waals surface area (Å²) in [6, 6.07) is 13.0. The van der Waals surface area contributed by atoms with Crippen LogP contribution in [0.1, 0.15) is 22.8 Å². The van der Waals surface area contributed by atoms with Gasteiger partial charge < -0.3 is 0 Å². The van der Waals surface area contributed by atoms with Gasteiger partial charge in [0.2, 0.25) is 0 Å². The molecule has 0 spiro atoms. The number of aromatic nitrogens is 2. The third-order valence-corrected chi connectivity index (χ3v) is 6.65. The van der Waals surface area contributed by atoms with Gasteiger partial charge in [0.05, 0.1) is 0 Å². The fourth-order valence-electron chi connectivity index (χ4n) is 1.79. The van der Waals surface area contributed by atoms with E-state index in [-0.39, 0.29) is 21.8 Å². The normalized spacial score (nSPS) is 10.8. The average Bonchev–Trinajstić information content (AvgIpc) is 2.27. The Kier molecular flexibility index (Phi) is 3.76. The zero-order valence-electron chi connectivity index (χ0n) is 10.7. The van der Waals surface area contributed by atoms with E-state index in [0.717, 1.165) is 0 Å². The predicted molar refractivity (Wildman–Crippen MR) is 63.0 cm³/mol. The first-order valence-electron chi connectivity index (χ1n) is 5.72. The van der Waals surface area contributed by atoms with E-state index in [0.29, 0.717) is 0 Å². The summed E-state index contributed by atoms with van der Waals surface area (Å²) in [6.45, 7) is 8.73. The molecule has 2 aromatic heterocycles. The van der Waals surface area contributed by atoms with Gasteiger partial charge in [0.15, 0.2) is 0 Å². The third kappa shape index (κ3) is 2.65. The summed E-state index contributed by atoms with van der Waals surface area (Å²) in [5.41, 5.74) is 5.36. The van der Waals surface area contributed by atoms with E-state index in [1.54, 1.807) is 0 Å². The van der Waals surface area contributed by atoms with Gasteiger partial charge in [-0.05, 0) is 0 Å². The molecule has 0 aromatic carbocycles. The minimum atomic E-state index is -0.225. The molecule has 90 valence electrons. The van der Waals surface area contributed by atoms with Crippen molar-refractivity contribution >= 4 is 0 Å². The standard InChI is InChI=1S/C14H18IN2/c1-11-7-5-8-12(2)16(11)15-17-13(3)9-6-10-14(17)4/h5-10H,1-4H3/q+1. The molecular formula is C14H18IN2+. The van der Waals surface area contributed by atoms with E-state index >= 15 is 0 Å². The first-order chi connectivity index (χ1) is 8.09. The fraction of sp³-hybridized carbons (Fsp3) is 0.286. The van der Waals surface area contributed by atoms with Crippen molar-refractivity contribution in [3.8, 4) is 0 Å². The van der Waals surface area contributed by atoms with Crippen molar-refractivity contribution in [3.05, 3.63) is 59.2 Å². The molecule has 0 saturated heterocycles. The van der Waals surface area contributed by atoms with Gasteiger partial charge in [-0.3, -0.25) is 0 Å². The van der Waals surface area contributed by atoms with Crippen molar-refractivity contribution in [1.29, 1.82) is 0 Å². The van der Waals surface area contributed by atoms with E-state index in [2.05, 4.69) is 69.7 Å². The van der Waals surface area contributed by atoms with E-state index in [9.17, 15) is 0 Å². The van der Waals surface area contributed by atoms with Gasteiger partial charge in [-0.15, -0.1) is 0 Å². The molecule has 0 aliphatic carbocycles. The Morgan fingerprint density at radius 3 is 1.24 bits per heavy atom.